The van der Waals surface area contributed by atoms with Gasteiger partial charge in [-0.15, -0.1) is 0 Å². The normalized spacial score (nSPS) is 14.2. The molecule has 0 atom stereocenters. The van der Waals surface area contributed by atoms with Gasteiger partial charge in [0.2, 0.25) is 0 Å². The lowest BCUT2D eigenvalue weighted by atomic mass is 9.69. The molecule has 0 unspecified atom stereocenters. The molecule has 0 radical (unpaired) electrons. The Bertz CT molecular complexity index is 4440. The van der Waals surface area contributed by atoms with E-state index in [0.29, 0.717) is 0 Å². The quantitative estimate of drug-likeness (QED) is 0.122. The summed E-state index contributed by atoms with van der Waals surface area (Å²) in [6.07, 6.45) is 0. The van der Waals surface area contributed by atoms with E-state index in [0.717, 1.165) is 0 Å². The third kappa shape index (κ3) is 5.06. The molecule has 0 saturated carbocycles. The fourth-order valence-corrected chi connectivity index (χ4v) is 14.3. The van der Waals surface area contributed by atoms with Gasteiger partial charge in [-0.25, -0.2) is 0 Å². The lowest BCUT2D eigenvalue weighted by Crippen LogP contribution is -2.26. The first-order valence-electron chi connectivity index (χ1n) is 25.5. The molecule has 13 aromatic carbocycles. The fourth-order valence-electron chi connectivity index (χ4n) is 14.3. The van der Waals surface area contributed by atoms with E-state index in [2.05, 4.69) is 257 Å². The maximum absolute atomic E-state index is 2.49. The molecule has 0 nitrogen and oxygen atoms in total. The number of benzene rings is 13. The molecular weight excluding hydrogens is 865 g/mol. The van der Waals surface area contributed by atoms with E-state index in [4.69, 9.17) is 0 Å². The minimum absolute atomic E-state index is 0.0856. The van der Waals surface area contributed by atoms with Crippen molar-refractivity contribution >= 4 is 53.9 Å². The third-order valence-electron chi connectivity index (χ3n) is 17.2. The van der Waals surface area contributed by atoms with Gasteiger partial charge in [-0.05, 0) is 172 Å². The topological polar surface area (TPSA) is 0 Å². The van der Waals surface area contributed by atoms with Gasteiger partial charge in [-0.3, -0.25) is 0 Å². The Balaban J connectivity index is 0.918. The second-order valence-corrected chi connectivity index (χ2v) is 21.0. The first-order valence-corrected chi connectivity index (χ1v) is 25.5. The van der Waals surface area contributed by atoms with Crippen LogP contribution in [-0.2, 0) is 10.8 Å². The maximum Gasteiger partial charge on any atom is 0.0732 e. The Labute approximate surface area is 419 Å². The highest BCUT2D eigenvalue weighted by atomic mass is 14.5. The zero-order valence-corrected chi connectivity index (χ0v) is 40.1. The van der Waals surface area contributed by atoms with Crippen LogP contribution in [-0.4, -0.2) is 0 Å². The number of hydrogen-bond donors (Lipinski definition) is 0. The summed E-state index contributed by atoms with van der Waals surface area (Å²) in [5, 5.41) is 12.8. The molecule has 0 fully saturated rings. The summed E-state index contributed by atoms with van der Waals surface area (Å²) in [4.78, 5) is 0. The van der Waals surface area contributed by atoms with Crippen molar-refractivity contribution in [1.29, 1.82) is 0 Å². The fraction of sp³-hybridized carbons (Fsp3) is 0.0556. The van der Waals surface area contributed by atoms with E-state index in [9.17, 15) is 0 Å². The zero-order valence-electron chi connectivity index (χ0n) is 40.1. The predicted octanol–water partition coefficient (Wildman–Crippen LogP) is 19.1. The molecule has 0 aliphatic heterocycles. The van der Waals surface area contributed by atoms with Crippen LogP contribution in [0.25, 0.3) is 121 Å². The molecular formula is C72H46. The first kappa shape index (κ1) is 39.9. The van der Waals surface area contributed by atoms with Gasteiger partial charge in [0.1, 0.15) is 0 Å². The van der Waals surface area contributed by atoms with Gasteiger partial charge in [0.15, 0.2) is 0 Å². The van der Waals surface area contributed by atoms with Crippen LogP contribution >= 0.6 is 0 Å². The molecule has 334 valence electrons. The van der Waals surface area contributed by atoms with Gasteiger partial charge >= 0.3 is 0 Å². The van der Waals surface area contributed by atoms with E-state index < -0.39 is 5.41 Å². The summed E-state index contributed by atoms with van der Waals surface area (Å²) in [6.45, 7) is 4.76. The highest BCUT2D eigenvalue weighted by molar-refractivity contribution is 6.24. The average Bonchev–Trinajstić information content (AvgIpc) is 4.01. The van der Waals surface area contributed by atoms with Gasteiger partial charge in [-0.2, -0.15) is 0 Å². The SMILES string of the molecule is CC1(C)c2ccccc2-c2ccc(-c3c4ccccc4c(-c4cccc(-c5ccc6c7c(c8ccccc8c6c5)-c5c(ccc6ccccc56)C75c6ccccc6-c6ccccc65)c4)c4ccccc34)cc21. The third-order valence-corrected chi connectivity index (χ3v) is 17.2. The highest BCUT2D eigenvalue weighted by Crippen LogP contribution is 2.66. The van der Waals surface area contributed by atoms with Gasteiger partial charge in [0, 0.05) is 5.41 Å². The molecule has 0 heterocycles. The van der Waals surface area contributed by atoms with Crippen LogP contribution < -0.4 is 0 Å². The summed E-state index contributed by atoms with van der Waals surface area (Å²) in [6, 6.07) is 92.3. The van der Waals surface area contributed by atoms with E-state index >= 15 is 0 Å². The molecule has 13 aromatic rings. The van der Waals surface area contributed by atoms with Gasteiger partial charge in [0.05, 0.1) is 5.41 Å². The summed E-state index contributed by atoms with van der Waals surface area (Å²) < 4.78 is 0. The van der Waals surface area contributed by atoms with Crippen molar-refractivity contribution < 1.29 is 0 Å². The van der Waals surface area contributed by atoms with Crippen LogP contribution in [0.1, 0.15) is 47.2 Å². The molecule has 0 heteroatoms. The van der Waals surface area contributed by atoms with E-state index in [1.54, 1.807) is 0 Å². The Morgan fingerprint density at radius 2 is 0.708 bits per heavy atom. The summed E-state index contributed by atoms with van der Waals surface area (Å²) in [7, 11) is 0. The standard InChI is InChI=1S/C72H46/c1-71(2)61-31-14-11-23-50(61)53-37-35-47(42-65(53)71)67-57-29-9-7-27-55(57)66(56-28-8-10-30-58(56)67)46-20-17-19-44(40-46)45-34-38-59-60(41-45)49-22-5-6-26-54(49)69-68-48-21-4-3-18-43(48)36-39-64(68)72(70(59)69)62-32-15-12-24-51(62)52-25-13-16-33-63(52)72/h3-42H,1-2H3. The number of fused-ring (bicyclic) bond motifs is 22. The van der Waals surface area contributed by atoms with Crippen LogP contribution in [0.4, 0.5) is 0 Å². The van der Waals surface area contributed by atoms with Crippen LogP contribution in [0.3, 0.4) is 0 Å². The van der Waals surface area contributed by atoms with Gasteiger partial charge < -0.3 is 0 Å². The number of rotatable bonds is 3. The van der Waals surface area contributed by atoms with Crippen molar-refractivity contribution in [1.82, 2.24) is 0 Å². The molecule has 3 aliphatic carbocycles. The number of hydrogen-bond acceptors (Lipinski definition) is 0. The second kappa shape index (κ2) is 14.4. The molecule has 0 bridgehead atoms. The van der Waals surface area contributed by atoms with Crippen LogP contribution in [0.15, 0.2) is 243 Å². The Kier molecular flexibility index (Phi) is 7.98. The smallest absolute Gasteiger partial charge is 0.0619 e. The molecule has 0 amide bonds. The van der Waals surface area contributed by atoms with Crippen LogP contribution in [0.2, 0.25) is 0 Å². The highest BCUT2D eigenvalue weighted by Gasteiger charge is 2.53. The second-order valence-electron chi connectivity index (χ2n) is 21.0. The van der Waals surface area contributed by atoms with E-state index in [-0.39, 0.29) is 5.41 Å². The molecule has 72 heavy (non-hydrogen) atoms. The monoisotopic (exact) mass is 910 g/mol. The summed E-state index contributed by atoms with van der Waals surface area (Å²) in [5.74, 6) is 0. The van der Waals surface area contributed by atoms with Crippen LogP contribution in [0, 0.1) is 0 Å². The lowest BCUT2D eigenvalue weighted by Gasteiger charge is -2.32. The van der Waals surface area contributed by atoms with Crippen molar-refractivity contribution in [2.24, 2.45) is 0 Å². The Hall–Kier alpha value is -8.84. The van der Waals surface area contributed by atoms with Crippen molar-refractivity contribution in [2.45, 2.75) is 24.7 Å². The molecule has 3 aliphatic rings. The molecule has 0 saturated heterocycles. The molecule has 16 rings (SSSR count). The molecule has 1 spiro atoms. The van der Waals surface area contributed by atoms with E-state index in [1.807, 2.05) is 0 Å². The Morgan fingerprint density at radius 3 is 1.36 bits per heavy atom. The predicted molar refractivity (Wildman–Crippen MR) is 304 cm³/mol. The largest absolute Gasteiger partial charge is 0.0732 e. The van der Waals surface area contributed by atoms with Gasteiger partial charge in [0.25, 0.3) is 0 Å². The lowest BCUT2D eigenvalue weighted by molar-refractivity contribution is 0.660. The molecule has 0 aromatic heterocycles. The van der Waals surface area contributed by atoms with Gasteiger partial charge in [-0.1, -0.05) is 238 Å². The first-order chi connectivity index (χ1) is 35.5. The van der Waals surface area contributed by atoms with Crippen molar-refractivity contribution in [2.75, 3.05) is 0 Å². The van der Waals surface area contributed by atoms with Crippen molar-refractivity contribution in [3.05, 3.63) is 276 Å². The minimum atomic E-state index is -0.485. The van der Waals surface area contributed by atoms with Crippen molar-refractivity contribution in [3.63, 3.8) is 0 Å². The zero-order chi connectivity index (χ0) is 47.5. The van der Waals surface area contributed by atoms with Crippen LogP contribution in [0.5, 0.6) is 0 Å². The maximum atomic E-state index is 2.49. The average molecular weight is 911 g/mol. The summed E-state index contributed by atoms with van der Waals surface area (Å²) in [5.41, 5.74) is 23.3. The Morgan fingerprint density at radius 1 is 0.236 bits per heavy atom. The summed E-state index contributed by atoms with van der Waals surface area (Å²) >= 11 is 0. The molecule has 0 N–H and O–H groups in total. The minimum Gasteiger partial charge on any atom is -0.0619 e. The van der Waals surface area contributed by atoms with E-state index in [1.165, 1.54) is 154 Å². The van der Waals surface area contributed by atoms with Crippen molar-refractivity contribution in [3.8, 4) is 66.8 Å².